The van der Waals surface area contributed by atoms with E-state index in [0.29, 0.717) is 11.6 Å². The summed E-state index contributed by atoms with van der Waals surface area (Å²) in [5.74, 6) is 0.539. The number of nitrogens with zero attached hydrogens (tertiary/aromatic N) is 1. The van der Waals surface area contributed by atoms with Crippen LogP contribution in [0.25, 0.3) is 0 Å². The van der Waals surface area contributed by atoms with E-state index < -0.39 is 6.10 Å². The van der Waals surface area contributed by atoms with Gasteiger partial charge in [0, 0.05) is 6.07 Å². The van der Waals surface area contributed by atoms with E-state index in [0.717, 1.165) is 5.56 Å². The Balaban J connectivity index is 2.23. The van der Waals surface area contributed by atoms with Crippen LogP contribution in [0, 0.1) is 0 Å². The average Bonchev–Trinajstić information content (AvgIpc) is 2.38. The molecule has 0 fully saturated rings. The van der Waals surface area contributed by atoms with Gasteiger partial charge in [0.15, 0.2) is 0 Å². The van der Waals surface area contributed by atoms with Gasteiger partial charge in [0.25, 0.3) is 0 Å². The molecule has 0 spiro atoms. The van der Waals surface area contributed by atoms with Crippen molar-refractivity contribution in [2.24, 2.45) is 0 Å². The van der Waals surface area contributed by atoms with Crippen molar-refractivity contribution >= 4 is 0 Å². The first-order valence-electron chi connectivity index (χ1n) is 6.03. The second-order valence-electron chi connectivity index (χ2n) is 4.38. The topological polar surface area (TPSA) is 42.4 Å². The molecule has 94 valence electrons. The highest BCUT2D eigenvalue weighted by Gasteiger charge is 2.12. The van der Waals surface area contributed by atoms with Gasteiger partial charge in [0.1, 0.15) is 6.10 Å². The Morgan fingerprint density at radius 3 is 2.39 bits per heavy atom. The van der Waals surface area contributed by atoms with E-state index in [1.54, 1.807) is 12.1 Å². The number of pyridine rings is 1. The predicted molar refractivity (Wildman–Crippen MR) is 70.5 cm³/mol. The number of rotatable bonds is 4. The summed E-state index contributed by atoms with van der Waals surface area (Å²) >= 11 is 0. The van der Waals surface area contributed by atoms with Crippen LogP contribution in [0.2, 0.25) is 0 Å². The van der Waals surface area contributed by atoms with E-state index in [1.165, 1.54) is 0 Å². The van der Waals surface area contributed by atoms with Crippen LogP contribution in [-0.4, -0.2) is 16.2 Å². The zero-order valence-electron chi connectivity index (χ0n) is 10.6. The predicted octanol–water partition coefficient (Wildman–Crippen LogP) is 2.95. The average molecular weight is 243 g/mol. The lowest BCUT2D eigenvalue weighted by Crippen LogP contribution is -2.09. The minimum Gasteiger partial charge on any atom is -0.475 e. The molecule has 0 aliphatic rings. The van der Waals surface area contributed by atoms with E-state index in [1.807, 2.05) is 50.2 Å². The molecule has 2 rings (SSSR count). The molecular weight excluding hydrogens is 226 g/mol. The molecule has 3 nitrogen and oxygen atoms in total. The molecule has 0 saturated carbocycles. The van der Waals surface area contributed by atoms with Crippen LogP contribution in [0.1, 0.15) is 31.2 Å². The molecule has 0 aliphatic carbocycles. The summed E-state index contributed by atoms with van der Waals surface area (Å²) in [6.45, 7) is 3.89. The van der Waals surface area contributed by atoms with E-state index in [9.17, 15) is 5.11 Å². The standard InChI is InChI=1S/C15H17NO2/c1-11(2)18-14-10-6-9-13(16-14)15(17)12-7-4-3-5-8-12/h3-11,15,17H,1-2H3. The molecule has 18 heavy (non-hydrogen) atoms. The van der Waals surface area contributed by atoms with Crippen molar-refractivity contribution in [3.05, 3.63) is 59.8 Å². The minimum atomic E-state index is -0.720. The first kappa shape index (κ1) is 12.6. The summed E-state index contributed by atoms with van der Waals surface area (Å²) in [5, 5.41) is 10.2. The van der Waals surface area contributed by atoms with Gasteiger partial charge >= 0.3 is 0 Å². The fourth-order valence-electron chi connectivity index (χ4n) is 1.70. The monoisotopic (exact) mass is 243 g/mol. The molecule has 1 aromatic heterocycles. The molecule has 1 aromatic carbocycles. The first-order valence-corrected chi connectivity index (χ1v) is 6.03. The summed E-state index contributed by atoms with van der Waals surface area (Å²) < 4.78 is 5.52. The van der Waals surface area contributed by atoms with Gasteiger partial charge < -0.3 is 9.84 Å². The molecule has 3 heteroatoms. The van der Waals surface area contributed by atoms with Gasteiger partial charge in [-0.2, -0.15) is 0 Å². The van der Waals surface area contributed by atoms with Crippen LogP contribution in [0.3, 0.4) is 0 Å². The Morgan fingerprint density at radius 1 is 1.00 bits per heavy atom. The summed E-state index contributed by atoms with van der Waals surface area (Å²) in [7, 11) is 0. The highest BCUT2D eigenvalue weighted by Crippen LogP contribution is 2.21. The van der Waals surface area contributed by atoms with Gasteiger partial charge in [-0.1, -0.05) is 36.4 Å². The molecule has 0 aliphatic heterocycles. The Bertz CT molecular complexity index is 497. The van der Waals surface area contributed by atoms with Crippen LogP contribution < -0.4 is 4.74 Å². The van der Waals surface area contributed by atoms with E-state index in [4.69, 9.17) is 4.74 Å². The highest BCUT2D eigenvalue weighted by atomic mass is 16.5. The SMILES string of the molecule is CC(C)Oc1cccc(C(O)c2ccccc2)n1. The van der Waals surface area contributed by atoms with Crippen LogP contribution in [0.15, 0.2) is 48.5 Å². The lowest BCUT2D eigenvalue weighted by molar-refractivity contribution is 0.205. The van der Waals surface area contributed by atoms with Crippen LogP contribution in [-0.2, 0) is 0 Å². The second kappa shape index (κ2) is 5.65. The quantitative estimate of drug-likeness (QED) is 0.897. The van der Waals surface area contributed by atoms with E-state index in [-0.39, 0.29) is 6.10 Å². The number of benzene rings is 1. The van der Waals surface area contributed by atoms with Crippen LogP contribution in [0.5, 0.6) is 5.88 Å². The molecule has 0 bridgehead atoms. The molecule has 0 saturated heterocycles. The van der Waals surface area contributed by atoms with Crippen LogP contribution in [0.4, 0.5) is 0 Å². The number of hydrogen-bond donors (Lipinski definition) is 1. The summed E-state index contributed by atoms with van der Waals surface area (Å²) in [6.07, 6.45) is -0.650. The smallest absolute Gasteiger partial charge is 0.213 e. The molecule has 1 N–H and O–H groups in total. The third-order valence-corrected chi connectivity index (χ3v) is 2.50. The summed E-state index contributed by atoms with van der Waals surface area (Å²) in [5.41, 5.74) is 1.42. The van der Waals surface area contributed by atoms with E-state index in [2.05, 4.69) is 4.98 Å². The zero-order valence-corrected chi connectivity index (χ0v) is 10.6. The Labute approximate surface area is 107 Å². The van der Waals surface area contributed by atoms with Gasteiger partial charge in [0.2, 0.25) is 5.88 Å². The fourth-order valence-corrected chi connectivity index (χ4v) is 1.70. The van der Waals surface area contributed by atoms with Crippen molar-refractivity contribution in [1.29, 1.82) is 0 Å². The van der Waals surface area contributed by atoms with Crippen molar-refractivity contribution < 1.29 is 9.84 Å². The summed E-state index contributed by atoms with van der Waals surface area (Å²) in [6, 6.07) is 14.9. The lowest BCUT2D eigenvalue weighted by atomic mass is 10.1. The van der Waals surface area contributed by atoms with Crippen molar-refractivity contribution in [3.8, 4) is 5.88 Å². The molecule has 1 unspecified atom stereocenters. The minimum absolute atomic E-state index is 0.0709. The van der Waals surface area contributed by atoms with E-state index >= 15 is 0 Å². The van der Waals surface area contributed by atoms with Crippen LogP contribution >= 0.6 is 0 Å². The largest absolute Gasteiger partial charge is 0.475 e. The Morgan fingerprint density at radius 2 is 1.72 bits per heavy atom. The fraction of sp³-hybridized carbons (Fsp3) is 0.267. The van der Waals surface area contributed by atoms with Gasteiger partial charge in [-0.15, -0.1) is 0 Å². The highest BCUT2D eigenvalue weighted by molar-refractivity contribution is 5.27. The second-order valence-corrected chi connectivity index (χ2v) is 4.38. The number of aliphatic hydroxyl groups excluding tert-OH is 1. The maximum absolute atomic E-state index is 10.2. The number of hydrogen-bond acceptors (Lipinski definition) is 3. The normalized spacial score (nSPS) is 12.4. The lowest BCUT2D eigenvalue weighted by Gasteiger charge is -2.13. The van der Waals surface area contributed by atoms with Crippen molar-refractivity contribution in [2.75, 3.05) is 0 Å². The maximum Gasteiger partial charge on any atom is 0.213 e. The Kier molecular flexibility index (Phi) is 3.95. The molecule has 1 heterocycles. The third kappa shape index (κ3) is 3.08. The molecule has 2 aromatic rings. The number of ether oxygens (including phenoxy) is 1. The number of aliphatic hydroxyl groups is 1. The van der Waals surface area contributed by atoms with Crippen molar-refractivity contribution in [2.45, 2.75) is 26.1 Å². The first-order chi connectivity index (χ1) is 8.66. The molecule has 0 amide bonds. The molecular formula is C15H17NO2. The molecule has 0 radical (unpaired) electrons. The summed E-state index contributed by atoms with van der Waals surface area (Å²) in [4.78, 5) is 4.32. The zero-order chi connectivity index (χ0) is 13.0. The van der Waals surface area contributed by atoms with Crippen molar-refractivity contribution in [1.82, 2.24) is 4.98 Å². The van der Waals surface area contributed by atoms with Gasteiger partial charge in [0.05, 0.1) is 11.8 Å². The van der Waals surface area contributed by atoms with Gasteiger partial charge in [-0.25, -0.2) is 4.98 Å². The van der Waals surface area contributed by atoms with Gasteiger partial charge in [-0.3, -0.25) is 0 Å². The molecule has 1 atom stereocenters. The van der Waals surface area contributed by atoms with Gasteiger partial charge in [-0.05, 0) is 25.5 Å². The Hall–Kier alpha value is -1.87. The third-order valence-electron chi connectivity index (χ3n) is 2.50. The maximum atomic E-state index is 10.2. The number of aromatic nitrogens is 1. The van der Waals surface area contributed by atoms with Crippen molar-refractivity contribution in [3.63, 3.8) is 0 Å².